The van der Waals surface area contributed by atoms with Crippen LogP contribution in [-0.2, 0) is 4.79 Å². The van der Waals surface area contributed by atoms with Crippen LogP contribution in [-0.4, -0.2) is 47.3 Å². The summed E-state index contributed by atoms with van der Waals surface area (Å²) >= 11 is 0. The zero-order valence-electron chi connectivity index (χ0n) is 8.65. The van der Waals surface area contributed by atoms with Gasteiger partial charge in [-0.3, -0.25) is 9.80 Å². The Kier molecular flexibility index (Phi) is 2.74. The predicted octanol–water partition coefficient (Wildman–Crippen LogP) is 0.226. The molecule has 1 N–H and O–H groups in total. The molecule has 14 heavy (non-hydrogen) atoms. The molecule has 0 bridgehead atoms. The fourth-order valence-corrected chi connectivity index (χ4v) is 2.23. The molecule has 2 rings (SSSR count). The molecule has 4 nitrogen and oxygen atoms in total. The van der Waals surface area contributed by atoms with Gasteiger partial charge in [-0.15, -0.1) is 0 Å². The number of rotatable bonds is 4. The molecule has 0 aromatic rings. The molecular weight excluding hydrogens is 180 g/mol. The molecule has 0 radical (unpaired) electrons. The minimum absolute atomic E-state index is 0.158. The van der Waals surface area contributed by atoms with Gasteiger partial charge in [-0.2, -0.15) is 0 Å². The Morgan fingerprint density at radius 1 is 1.50 bits per heavy atom. The number of carbonyl (C=O) groups excluding carboxylic acids is 1. The third kappa shape index (κ3) is 1.77. The summed E-state index contributed by atoms with van der Waals surface area (Å²) in [6, 6.07) is 0.432. The smallest absolute Gasteiger partial charge is 0.238 e. The molecule has 2 fully saturated rings. The van der Waals surface area contributed by atoms with Crippen molar-refractivity contribution in [3.8, 4) is 0 Å². The van der Waals surface area contributed by atoms with E-state index in [1.807, 2.05) is 7.05 Å². The highest BCUT2D eigenvalue weighted by atomic mass is 16.3. The summed E-state index contributed by atoms with van der Waals surface area (Å²) in [6.07, 6.45) is 3.90. The summed E-state index contributed by atoms with van der Waals surface area (Å²) in [5, 5.41) is 12.6. The fraction of sp³-hybridized carbons (Fsp3) is 0.900. The van der Waals surface area contributed by atoms with Gasteiger partial charge in [0.25, 0.3) is 0 Å². The molecule has 1 amide bonds. The first kappa shape index (κ1) is 9.93. The van der Waals surface area contributed by atoms with E-state index in [9.17, 15) is 4.79 Å². The standard InChI is InChI=1S/C10H18N2O2/c1-11-9(8-3-4-8)7-10(14)12(11)5-2-6-13/h8-9,13H,2-7H2,1H3. The van der Waals surface area contributed by atoms with E-state index in [4.69, 9.17) is 5.11 Å². The monoisotopic (exact) mass is 198 g/mol. The number of amides is 1. The lowest BCUT2D eigenvalue weighted by Gasteiger charge is -2.28. The Morgan fingerprint density at radius 2 is 2.21 bits per heavy atom. The minimum Gasteiger partial charge on any atom is -0.396 e. The Labute approximate surface area is 84.5 Å². The van der Waals surface area contributed by atoms with Crippen molar-refractivity contribution in [3.05, 3.63) is 0 Å². The van der Waals surface area contributed by atoms with E-state index < -0.39 is 0 Å². The van der Waals surface area contributed by atoms with Crippen LogP contribution in [0.25, 0.3) is 0 Å². The number of carbonyl (C=O) groups is 1. The topological polar surface area (TPSA) is 43.8 Å². The van der Waals surface area contributed by atoms with Gasteiger partial charge in [-0.05, 0) is 25.2 Å². The van der Waals surface area contributed by atoms with E-state index in [1.54, 1.807) is 5.01 Å². The van der Waals surface area contributed by atoms with Crippen LogP contribution in [0.15, 0.2) is 0 Å². The zero-order valence-corrected chi connectivity index (χ0v) is 8.65. The van der Waals surface area contributed by atoms with Crippen molar-refractivity contribution >= 4 is 5.91 Å². The second kappa shape index (κ2) is 3.87. The van der Waals surface area contributed by atoms with Crippen molar-refractivity contribution in [2.45, 2.75) is 31.7 Å². The van der Waals surface area contributed by atoms with Crippen molar-refractivity contribution in [3.63, 3.8) is 0 Å². The van der Waals surface area contributed by atoms with Gasteiger partial charge in [0.1, 0.15) is 0 Å². The van der Waals surface area contributed by atoms with Gasteiger partial charge in [0, 0.05) is 32.7 Å². The molecule has 2 aliphatic rings. The second-order valence-corrected chi connectivity index (χ2v) is 4.28. The third-order valence-corrected chi connectivity index (χ3v) is 3.23. The number of nitrogens with zero attached hydrogens (tertiary/aromatic N) is 2. The molecule has 1 aliphatic carbocycles. The van der Waals surface area contributed by atoms with Gasteiger partial charge in [-0.25, -0.2) is 5.01 Å². The van der Waals surface area contributed by atoms with Gasteiger partial charge in [0.05, 0.1) is 0 Å². The maximum absolute atomic E-state index is 11.6. The van der Waals surface area contributed by atoms with Crippen LogP contribution in [0, 0.1) is 5.92 Å². The van der Waals surface area contributed by atoms with Crippen molar-refractivity contribution < 1.29 is 9.90 Å². The highest BCUT2D eigenvalue weighted by molar-refractivity contribution is 5.78. The molecule has 1 atom stereocenters. The fourth-order valence-electron chi connectivity index (χ4n) is 2.23. The van der Waals surface area contributed by atoms with E-state index in [0.29, 0.717) is 25.4 Å². The Balaban J connectivity index is 1.92. The highest BCUT2D eigenvalue weighted by Gasteiger charge is 2.43. The number of aliphatic hydroxyl groups excluding tert-OH is 1. The maximum Gasteiger partial charge on any atom is 0.238 e. The zero-order chi connectivity index (χ0) is 10.1. The summed E-state index contributed by atoms with van der Waals surface area (Å²) in [5.74, 6) is 0.959. The van der Waals surface area contributed by atoms with Crippen molar-refractivity contribution in [2.75, 3.05) is 20.2 Å². The van der Waals surface area contributed by atoms with Gasteiger partial charge in [0.15, 0.2) is 0 Å². The Hall–Kier alpha value is -0.610. The molecule has 1 saturated heterocycles. The molecule has 80 valence electrons. The van der Waals surface area contributed by atoms with Crippen LogP contribution in [0.1, 0.15) is 25.7 Å². The van der Waals surface area contributed by atoms with Crippen LogP contribution in [0.5, 0.6) is 0 Å². The van der Waals surface area contributed by atoms with E-state index in [-0.39, 0.29) is 12.5 Å². The van der Waals surface area contributed by atoms with Crippen LogP contribution in [0.3, 0.4) is 0 Å². The molecule has 0 aromatic carbocycles. The van der Waals surface area contributed by atoms with Gasteiger partial charge in [-0.1, -0.05) is 0 Å². The summed E-state index contributed by atoms with van der Waals surface area (Å²) < 4.78 is 0. The van der Waals surface area contributed by atoms with Crippen LogP contribution >= 0.6 is 0 Å². The normalized spacial score (nSPS) is 28.9. The van der Waals surface area contributed by atoms with Crippen molar-refractivity contribution in [2.24, 2.45) is 5.92 Å². The Bertz CT molecular complexity index is 228. The molecule has 0 aromatic heterocycles. The van der Waals surface area contributed by atoms with Gasteiger partial charge in [0.2, 0.25) is 5.91 Å². The molecule has 4 heteroatoms. The lowest BCUT2D eigenvalue weighted by molar-refractivity contribution is -0.137. The van der Waals surface area contributed by atoms with Crippen LogP contribution < -0.4 is 0 Å². The number of hydrogen-bond donors (Lipinski definition) is 1. The van der Waals surface area contributed by atoms with E-state index in [0.717, 1.165) is 5.92 Å². The molecular formula is C10H18N2O2. The third-order valence-electron chi connectivity index (χ3n) is 3.23. The number of hydrogen-bond acceptors (Lipinski definition) is 3. The average Bonchev–Trinajstić information content (AvgIpc) is 2.94. The van der Waals surface area contributed by atoms with Gasteiger partial charge >= 0.3 is 0 Å². The van der Waals surface area contributed by atoms with E-state index in [1.165, 1.54) is 12.8 Å². The van der Waals surface area contributed by atoms with Crippen LogP contribution in [0.4, 0.5) is 0 Å². The summed E-state index contributed by atoms with van der Waals surface area (Å²) in [4.78, 5) is 11.6. The second-order valence-electron chi connectivity index (χ2n) is 4.28. The van der Waals surface area contributed by atoms with E-state index in [2.05, 4.69) is 5.01 Å². The quantitative estimate of drug-likeness (QED) is 0.703. The number of aliphatic hydroxyl groups is 1. The Morgan fingerprint density at radius 3 is 2.79 bits per heavy atom. The maximum atomic E-state index is 11.6. The van der Waals surface area contributed by atoms with Gasteiger partial charge < -0.3 is 5.11 Å². The van der Waals surface area contributed by atoms with E-state index >= 15 is 0 Å². The molecule has 1 saturated carbocycles. The minimum atomic E-state index is 0.158. The largest absolute Gasteiger partial charge is 0.396 e. The lowest BCUT2D eigenvalue weighted by Crippen LogP contribution is -2.41. The first-order valence-corrected chi connectivity index (χ1v) is 5.38. The summed E-state index contributed by atoms with van der Waals surface area (Å²) in [6.45, 7) is 0.820. The van der Waals surface area contributed by atoms with Crippen molar-refractivity contribution in [1.82, 2.24) is 10.0 Å². The van der Waals surface area contributed by atoms with Crippen molar-refractivity contribution in [1.29, 1.82) is 0 Å². The first-order valence-electron chi connectivity index (χ1n) is 5.38. The lowest BCUT2D eigenvalue weighted by atomic mass is 10.1. The predicted molar refractivity (Wildman–Crippen MR) is 52.3 cm³/mol. The molecule has 1 unspecified atom stereocenters. The number of hydrazine groups is 1. The molecule has 1 aliphatic heterocycles. The molecule has 0 spiro atoms. The van der Waals surface area contributed by atoms with Crippen LogP contribution in [0.2, 0.25) is 0 Å². The first-order chi connectivity index (χ1) is 6.74. The summed E-state index contributed by atoms with van der Waals surface area (Å²) in [5.41, 5.74) is 0. The average molecular weight is 198 g/mol. The summed E-state index contributed by atoms with van der Waals surface area (Å²) in [7, 11) is 1.99. The highest BCUT2D eigenvalue weighted by Crippen LogP contribution is 2.39. The SMILES string of the molecule is CN1C(C2CC2)CC(=O)N1CCCO. The molecule has 1 heterocycles.